The van der Waals surface area contributed by atoms with E-state index in [2.05, 4.69) is 46.8 Å². The molecule has 5 nitrogen and oxygen atoms in total. The molecule has 0 saturated carbocycles. The van der Waals surface area contributed by atoms with Crippen LogP contribution in [-0.4, -0.2) is 43.7 Å². The van der Waals surface area contributed by atoms with Crippen molar-refractivity contribution >= 4 is 17.2 Å². The van der Waals surface area contributed by atoms with Crippen LogP contribution in [0.3, 0.4) is 0 Å². The van der Waals surface area contributed by atoms with Crippen molar-refractivity contribution in [3.05, 3.63) is 82.6 Å². The zero-order valence-electron chi connectivity index (χ0n) is 18.1. The first-order valence-electron chi connectivity index (χ1n) is 10.5. The van der Waals surface area contributed by atoms with Gasteiger partial charge in [0, 0.05) is 17.5 Å². The highest BCUT2D eigenvalue weighted by molar-refractivity contribution is 7.09. The summed E-state index contributed by atoms with van der Waals surface area (Å²) in [6.07, 6.45) is 0.915. The van der Waals surface area contributed by atoms with Crippen molar-refractivity contribution in [3.63, 3.8) is 0 Å². The number of methoxy groups -OCH3 is 1. The summed E-state index contributed by atoms with van der Waals surface area (Å²) in [7, 11) is 1.66. The van der Waals surface area contributed by atoms with Gasteiger partial charge >= 0.3 is 0 Å². The Labute approximate surface area is 188 Å². The fourth-order valence-corrected chi connectivity index (χ4v) is 4.12. The van der Waals surface area contributed by atoms with Gasteiger partial charge in [0.1, 0.15) is 18.1 Å². The maximum atomic E-state index is 12.6. The van der Waals surface area contributed by atoms with Crippen molar-refractivity contribution < 1.29 is 14.3 Å². The lowest BCUT2D eigenvalue weighted by molar-refractivity contribution is -0.123. The van der Waals surface area contributed by atoms with Crippen LogP contribution in [0.2, 0.25) is 0 Å². The maximum absolute atomic E-state index is 12.6. The van der Waals surface area contributed by atoms with Crippen molar-refractivity contribution in [1.29, 1.82) is 0 Å². The van der Waals surface area contributed by atoms with Crippen LogP contribution in [0.4, 0.5) is 0 Å². The lowest BCUT2D eigenvalue weighted by atomic mass is 10.1. The number of rotatable bonds is 12. The molecule has 0 fully saturated rings. The minimum atomic E-state index is 0.00297. The fourth-order valence-electron chi connectivity index (χ4n) is 3.30. The van der Waals surface area contributed by atoms with Crippen LogP contribution in [0, 0.1) is 0 Å². The van der Waals surface area contributed by atoms with Gasteiger partial charge in [-0.3, -0.25) is 9.69 Å². The number of hydrogen-bond acceptors (Lipinski definition) is 5. The molecular weight excluding hydrogens is 408 g/mol. The Morgan fingerprint density at radius 3 is 2.48 bits per heavy atom. The number of nitrogens with one attached hydrogen (secondary N) is 1. The molecule has 3 aromatic rings. The first-order chi connectivity index (χ1) is 15.1. The highest BCUT2D eigenvalue weighted by atomic mass is 32.1. The van der Waals surface area contributed by atoms with Gasteiger partial charge in [0.2, 0.25) is 5.91 Å². The van der Waals surface area contributed by atoms with Gasteiger partial charge in [0.05, 0.1) is 20.2 Å². The van der Waals surface area contributed by atoms with Crippen LogP contribution in [0.1, 0.15) is 17.4 Å². The largest absolute Gasteiger partial charge is 0.497 e. The van der Waals surface area contributed by atoms with E-state index in [0.717, 1.165) is 23.5 Å². The van der Waals surface area contributed by atoms with E-state index in [1.807, 2.05) is 42.5 Å². The molecule has 0 radical (unpaired) electrons. The second kappa shape index (κ2) is 12.1. The molecule has 2 aromatic carbocycles. The third kappa shape index (κ3) is 7.74. The zero-order valence-corrected chi connectivity index (χ0v) is 18.9. The molecule has 0 aliphatic heterocycles. The number of amides is 1. The smallest absolute Gasteiger partial charge is 0.234 e. The summed E-state index contributed by atoms with van der Waals surface area (Å²) in [6.45, 7) is 4.13. The van der Waals surface area contributed by atoms with E-state index in [9.17, 15) is 4.79 Å². The molecule has 0 saturated heterocycles. The Morgan fingerprint density at radius 2 is 1.81 bits per heavy atom. The SMILES string of the molecule is COc1ccc(CN(CC(=O)NCCOc2ccccc2)C(C)Cc2cccs2)cc1. The Balaban J connectivity index is 1.54. The van der Waals surface area contributed by atoms with Crippen LogP contribution in [0.25, 0.3) is 0 Å². The molecule has 1 amide bonds. The lowest BCUT2D eigenvalue weighted by Crippen LogP contribution is -2.43. The highest BCUT2D eigenvalue weighted by Gasteiger charge is 2.18. The number of thiophene rings is 1. The monoisotopic (exact) mass is 438 g/mol. The van der Waals surface area contributed by atoms with E-state index in [1.54, 1.807) is 18.4 Å². The quantitative estimate of drug-likeness (QED) is 0.426. The Hall–Kier alpha value is -2.83. The number of para-hydroxylation sites is 1. The van der Waals surface area contributed by atoms with Gasteiger partial charge in [-0.15, -0.1) is 11.3 Å². The van der Waals surface area contributed by atoms with E-state index in [-0.39, 0.29) is 11.9 Å². The average Bonchev–Trinajstić information content (AvgIpc) is 3.30. The number of nitrogens with zero attached hydrogens (tertiary/aromatic N) is 1. The standard InChI is InChI=1S/C25H30N2O3S/c1-20(17-24-9-6-16-31-24)27(18-21-10-12-22(29-2)13-11-21)19-25(28)26-14-15-30-23-7-4-3-5-8-23/h3-13,16,20H,14-15,17-19H2,1-2H3,(H,26,28). The van der Waals surface area contributed by atoms with Gasteiger partial charge in [-0.1, -0.05) is 36.4 Å². The molecule has 1 aromatic heterocycles. The normalized spacial score (nSPS) is 11.8. The number of hydrogen-bond donors (Lipinski definition) is 1. The van der Waals surface area contributed by atoms with Crippen LogP contribution in [0.5, 0.6) is 11.5 Å². The Morgan fingerprint density at radius 1 is 1.03 bits per heavy atom. The average molecular weight is 439 g/mol. The van der Waals surface area contributed by atoms with Crippen molar-refractivity contribution in [1.82, 2.24) is 10.2 Å². The molecule has 31 heavy (non-hydrogen) atoms. The summed E-state index contributed by atoms with van der Waals surface area (Å²) >= 11 is 1.75. The van der Waals surface area contributed by atoms with Gasteiger partial charge in [0.15, 0.2) is 0 Å². The van der Waals surface area contributed by atoms with Crippen LogP contribution >= 0.6 is 11.3 Å². The van der Waals surface area contributed by atoms with E-state index < -0.39 is 0 Å². The third-order valence-corrected chi connectivity index (χ3v) is 5.93. The summed E-state index contributed by atoms with van der Waals surface area (Å²) in [5, 5.41) is 5.07. The summed E-state index contributed by atoms with van der Waals surface area (Å²) in [6, 6.07) is 22.1. The molecule has 0 spiro atoms. The van der Waals surface area contributed by atoms with Gasteiger partial charge in [0.25, 0.3) is 0 Å². The predicted molar refractivity (Wildman–Crippen MR) is 126 cm³/mol. The number of ether oxygens (including phenoxy) is 2. The minimum Gasteiger partial charge on any atom is -0.497 e. The molecule has 0 aliphatic rings. The van der Waals surface area contributed by atoms with Gasteiger partial charge < -0.3 is 14.8 Å². The topological polar surface area (TPSA) is 50.8 Å². The second-order valence-corrected chi connectivity index (χ2v) is 8.43. The second-order valence-electron chi connectivity index (χ2n) is 7.40. The van der Waals surface area contributed by atoms with Crippen molar-refractivity contribution in [3.8, 4) is 11.5 Å². The van der Waals surface area contributed by atoms with Gasteiger partial charge in [-0.2, -0.15) is 0 Å². The third-order valence-electron chi connectivity index (χ3n) is 5.03. The van der Waals surface area contributed by atoms with E-state index in [0.29, 0.717) is 26.2 Å². The zero-order chi connectivity index (χ0) is 21.9. The molecule has 1 unspecified atom stereocenters. The molecule has 6 heteroatoms. The molecule has 164 valence electrons. The summed E-state index contributed by atoms with van der Waals surface area (Å²) in [5.74, 6) is 1.64. The maximum Gasteiger partial charge on any atom is 0.234 e. The Bertz CT molecular complexity index is 898. The molecular formula is C25H30N2O3S. The molecule has 0 bridgehead atoms. The van der Waals surface area contributed by atoms with Crippen molar-refractivity contribution in [2.24, 2.45) is 0 Å². The van der Waals surface area contributed by atoms with Crippen LogP contribution in [-0.2, 0) is 17.8 Å². The lowest BCUT2D eigenvalue weighted by Gasteiger charge is -2.28. The van der Waals surface area contributed by atoms with Crippen LogP contribution < -0.4 is 14.8 Å². The van der Waals surface area contributed by atoms with Crippen molar-refractivity contribution in [2.75, 3.05) is 26.8 Å². The number of carbonyl (C=O) groups is 1. The summed E-state index contributed by atoms with van der Waals surface area (Å²) in [5.41, 5.74) is 1.15. The predicted octanol–water partition coefficient (Wildman–Crippen LogP) is 4.39. The van der Waals surface area contributed by atoms with Gasteiger partial charge in [-0.05, 0) is 54.6 Å². The van der Waals surface area contributed by atoms with E-state index in [4.69, 9.17) is 9.47 Å². The molecule has 1 N–H and O–H groups in total. The van der Waals surface area contributed by atoms with E-state index >= 15 is 0 Å². The molecule has 1 heterocycles. The molecule has 0 aliphatic carbocycles. The van der Waals surface area contributed by atoms with Crippen LogP contribution in [0.15, 0.2) is 72.1 Å². The summed E-state index contributed by atoms with van der Waals surface area (Å²) < 4.78 is 10.9. The fraction of sp³-hybridized carbons (Fsp3) is 0.320. The Kier molecular flexibility index (Phi) is 8.94. The highest BCUT2D eigenvalue weighted by Crippen LogP contribution is 2.18. The molecule has 3 rings (SSSR count). The summed E-state index contributed by atoms with van der Waals surface area (Å²) in [4.78, 5) is 16.2. The first kappa shape index (κ1) is 22.8. The van der Waals surface area contributed by atoms with E-state index in [1.165, 1.54) is 4.88 Å². The first-order valence-corrected chi connectivity index (χ1v) is 11.4. The minimum absolute atomic E-state index is 0.00297. The van der Waals surface area contributed by atoms with Gasteiger partial charge in [-0.25, -0.2) is 0 Å². The molecule has 1 atom stereocenters. The number of carbonyl (C=O) groups excluding carboxylic acids is 1. The number of benzene rings is 2. The van der Waals surface area contributed by atoms with Crippen molar-refractivity contribution in [2.45, 2.75) is 25.9 Å².